The molecule has 3 saturated heterocycles. The summed E-state index contributed by atoms with van der Waals surface area (Å²) in [6.07, 6.45) is 6.31. The molecule has 4 unspecified atom stereocenters. The molecule has 0 spiro atoms. The van der Waals surface area contributed by atoms with Gasteiger partial charge in [-0.2, -0.15) is 0 Å². The third kappa shape index (κ3) is 4.64. The molecule has 3 aliphatic heterocycles. The Balaban J connectivity index is 1.27. The fraction of sp³-hybridized carbons (Fsp3) is 0.619. The maximum absolute atomic E-state index is 12.4. The first-order valence-corrected chi connectivity index (χ1v) is 10.3. The summed E-state index contributed by atoms with van der Waals surface area (Å²) in [5, 5.41) is 9.80. The van der Waals surface area contributed by atoms with E-state index in [0.717, 1.165) is 43.8 Å². The number of nitrogens with zero attached hydrogens (tertiary/aromatic N) is 1. The second kappa shape index (κ2) is 8.92. The Kier molecular flexibility index (Phi) is 6.12. The highest BCUT2D eigenvalue weighted by Crippen LogP contribution is 2.34. The minimum atomic E-state index is -0.0565. The quantitative estimate of drug-likeness (QED) is 0.511. The minimum Gasteiger partial charge on any atom is -0.376 e. The highest BCUT2D eigenvalue weighted by Gasteiger charge is 2.41. The van der Waals surface area contributed by atoms with Crippen LogP contribution in [-0.4, -0.2) is 56.4 Å². The zero-order valence-corrected chi connectivity index (χ0v) is 16.4. The van der Waals surface area contributed by atoms with Gasteiger partial charge < -0.3 is 25.4 Å². The molecule has 0 aliphatic carbocycles. The number of ether oxygens (including phenoxy) is 2. The summed E-state index contributed by atoms with van der Waals surface area (Å²) < 4.78 is 11.5. The first-order valence-electron chi connectivity index (χ1n) is 10.3. The summed E-state index contributed by atoms with van der Waals surface area (Å²) in [4.78, 5) is 16.7. The Hall–Kier alpha value is -2.12. The molecule has 2 bridgehead atoms. The zero-order valence-electron chi connectivity index (χ0n) is 16.4. The number of rotatable bonds is 6. The van der Waals surface area contributed by atoms with Crippen LogP contribution in [0.4, 0.5) is 0 Å². The van der Waals surface area contributed by atoms with E-state index in [1.54, 1.807) is 7.05 Å². The topological polar surface area (TPSA) is 84.0 Å². The molecule has 0 aromatic heterocycles. The number of carbonyl (C=O) groups excluding carboxylic acids is 1. The predicted molar refractivity (Wildman–Crippen MR) is 107 cm³/mol. The summed E-state index contributed by atoms with van der Waals surface area (Å²) in [6, 6.07) is 8.02. The molecule has 0 saturated carbocycles. The van der Waals surface area contributed by atoms with E-state index >= 15 is 0 Å². The fourth-order valence-electron chi connectivity index (χ4n) is 4.28. The molecule has 152 valence electrons. The van der Waals surface area contributed by atoms with Crippen LogP contribution in [0.5, 0.6) is 0 Å². The summed E-state index contributed by atoms with van der Waals surface area (Å²) in [5.41, 5.74) is 1.71. The van der Waals surface area contributed by atoms with Gasteiger partial charge >= 0.3 is 0 Å². The number of carbonyl (C=O) groups is 1. The largest absolute Gasteiger partial charge is 0.376 e. The van der Waals surface area contributed by atoms with Gasteiger partial charge in [0.25, 0.3) is 5.91 Å². The van der Waals surface area contributed by atoms with Crippen LogP contribution in [0.25, 0.3) is 0 Å². The van der Waals surface area contributed by atoms with Crippen LogP contribution in [0.2, 0.25) is 0 Å². The lowest BCUT2D eigenvalue weighted by Gasteiger charge is -2.22. The van der Waals surface area contributed by atoms with Crippen molar-refractivity contribution in [3.05, 3.63) is 35.4 Å². The Labute approximate surface area is 166 Å². The smallest absolute Gasteiger partial charge is 0.251 e. The molecule has 3 heterocycles. The standard InChI is InChI=1S/C21H30N4O3/c1-22-21(25-18-11-16-7-8-19(18)28-16)24-12-14-4-2-5-15(10-14)20(26)23-13-17-6-3-9-27-17/h2,4-5,10,16-19H,3,6-9,11-13H2,1H3,(H,23,26)(H2,22,24,25). The van der Waals surface area contributed by atoms with Crippen molar-refractivity contribution in [1.82, 2.24) is 16.0 Å². The second-order valence-electron chi connectivity index (χ2n) is 7.83. The van der Waals surface area contributed by atoms with E-state index < -0.39 is 0 Å². The van der Waals surface area contributed by atoms with Crippen LogP contribution in [0.3, 0.4) is 0 Å². The number of benzene rings is 1. The highest BCUT2D eigenvalue weighted by molar-refractivity contribution is 5.94. The molecule has 7 heteroatoms. The molecule has 0 radical (unpaired) electrons. The molecule has 1 aromatic carbocycles. The fourth-order valence-corrected chi connectivity index (χ4v) is 4.28. The van der Waals surface area contributed by atoms with E-state index in [0.29, 0.717) is 36.9 Å². The van der Waals surface area contributed by atoms with Crippen LogP contribution in [0.1, 0.15) is 48.0 Å². The van der Waals surface area contributed by atoms with Crippen molar-refractivity contribution in [2.75, 3.05) is 20.2 Å². The van der Waals surface area contributed by atoms with Crippen LogP contribution >= 0.6 is 0 Å². The summed E-state index contributed by atoms with van der Waals surface area (Å²) in [7, 11) is 1.78. The van der Waals surface area contributed by atoms with E-state index in [4.69, 9.17) is 9.47 Å². The van der Waals surface area contributed by atoms with Gasteiger partial charge in [0.1, 0.15) is 0 Å². The number of nitrogens with one attached hydrogen (secondary N) is 3. The summed E-state index contributed by atoms with van der Waals surface area (Å²) in [6.45, 7) is 1.98. The molecule has 3 aliphatic rings. The van der Waals surface area contributed by atoms with Crippen molar-refractivity contribution in [2.24, 2.45) is 4.99 Å². The number of hydrogen-bond acceptors (Lipinski definition) is 4. The third-order valence-electron chi connectivity index (χ3n) is 5.82. The molecule has 1 aromatic rings. The minimum absolute atomic E-state index is 0.0565. The van der Waals surface area contributed by atoms with Gasteiger partial charge in [-0.05, 0) is 49.8 Å². The second-order valence-corrected chi connectivity index (χ2v) is 7.83. The average molecular weight is 386 g/mol. The zero-order chi connectivity index (χ0) is 19.3. The Bertz CT molecular complexity index is 717. The first kappa shape index (κ1) is 19.2. The van der Waals surface area contributed by atoms with Gasteiger partial charge in [-0.3, -0.25) is 9.79 Å². The van der Waals surface area contributed by atoms with Crippen molar-refractivity contribution >= 4 is 11.9 Å². The number of amides is 1. The van der Waals surface area contributed by atoms with Crippen LogP contribution in [0, 0.1) is 0 Å². The van der Waals surface area contributed by atoms with Gasteiger partial charge in [0.15, 0.2) is 5.96 Å². The Morgan fingerprint density at radius 1 is 1.25 bits per heavy atom. The lowest BCUT2D eigenvalue weighted by atomic mass is 9.96. The molecular formula is C21H30N4O3. The molecule has 3 N–H and O–H groups in total. The van der Waals surface area contributed by atoms with E-state index in [1.807, 2.05) is 24.3 Å². The summed E-state index contributed by atoms with van der Waals surface area (Å²) in [5.74, 6) is 0.716. The molecule has 7 nitrogen and oxygen atoms in total. The predicted octanol–water partition coefficient (Wildman–Crippen LogP) is 1.58. The van der Waals surface area contributed by atoms with Crippen molar-refractivity contribution in [1.29, 1.82) is 0 Å². The molecular weight excluding hydrogens is 356 g/mol. The van der Waals surface area contributed by atoms with Gasteiger partial charge in [0.2, 0.25) is 0 Å². The SMILES string of the molecule is CN=C(NCc1cccc(C(=O)NCC2CCCO2)c1)NC1CC2CCC1O2. The lowest BCUT2D eigenvalue weighted by Crippen LogP contribution is -2.47. The molecule has 1 amide bonds. The van der Waals surface area contributed by atoms with Gasteiger partial charge in [0.05, 0.1) is 24.4 Å². The summed E-state index contributed by atoms with van der Waals surface area (Å²) >= 11 is 0. The van der Waals surface area contributed by atoms with E-state index in [9.17, 15) is 4.79 Å². The highest BCUT2D eigenvalue weighted by atomic mass is 16.5. The monoisotopic (exact) mass is 386 g/mol. The van der Waals surface area contributed by atoms with E-state index in [2.05, 4.69) is 20.9 Å². The number of fused-ring (bicyclic) bond motifs is 2. The van der Waals surface area contributed by atoms with Gasteiger partial charge in [-0.25, -0.2) is 0 Å². The normalized spacial score (nSPS) is 29.1. The average Bonchev–Trinajstić information content (AvgIpc) is 3.48. The third-order valence-corrected chi connectivity index (χ3v) is 5.82. The molecule has 4 rings (SSSR count). The maximum Gasteiger partial charge on any atom is 0.251 e. The van der Waals surface area contributed by atoms with Crippen LogP contribution in [-0.2, 0) is 16.0 Å². The Morgan fingerprint density at radius 2 is 2.18 bits per heavy atom. The molecule has 4 atom stereocenters. The van der Waals surface area contributed by atoms with Crippen molar-refractivity contribution < 1.29 is 14.3 Å². The van der Waals surface area contributed by atoms with Crippen molar-refractivity contribution in [3.8, 4) is 0 Å². The maximum atomic E-state index is 12.4. The lowest BCUT2D eigenvalue weighted by molar-refractivity contribution is 0.0857. The number of guanidine groups is 1. The number of aliphatic imine (C=N–C) groups is 1. The van der Waals surface area contributed by atoms with Crippen LogP contribution in [0.15, 0.2) is 29.3 Å². The molecule has 3 fully saturated rings. The van der Waals surface area contributed by atoms with Gasteiger partial charge in [-0.1, -0.05) is 12.1 Å². The van der Waals surface area contributed by atoms with E-state index in [-0.39, 0.29) is 12.0 Å². The van der Waals surface area contributed by atoms with Crippen LogP contribution < -0.4 is 16.0 Å². The molecule has 28 heavy (non-hydrogen) atoms. The first-order chi connectivity index (χ1) is 13.7. The van der Waals surface area contributed by atoms with Crippen molar-refractivity contribution in [3.63, 3.8) is 0 Å². The van der Waals surface area contributed by atoms with Gasteiger partial charge in [0, 0.05) is 32.3 Å². The van der Waals surface area contributed by atoms with Gasteiger partial charge in [-0.15, -0.1) is 0 Å². The number of hydrogen-bond donors (Lipinski definition) is 3. The Morgan fingerprint density at radius 3 is 2.89 bits per heavy atom. The van der Waals surface area contributed by atoms with Crippen molar-refractivity contribution in [2.45, 2.75) is 63.0 Å². The van der Waals surface area contributed by atoms with E-state index in [1.165, 1.54) is 6.42 Å².